The molecule has 0 bridgehead atoms. The van der Waals surface area contributed by atoms with Crippen molar-refractivity contribution in [1.82, 2.24) is 9.80 Å². The molecule has 0 N–H and O–H groups in total. The van der Waals surface area contributed by atoms with Crippen LogP contribution in [0.25, 0.3) is 0 Å². The number of hydrogen-bond donors (Lipinski definition) is 0. The van der Waals surface area contributed by atoms with Crippen LogP contribution in [0.15, 0.2) is 12.4 Å². The molecule has 2 heteroatoms. The van der Waals surface area contributed by atoms with Gasteiger partial charge < -0.3 is 9.80 Å². The summed E-state index contributed by atoms with van der Waals surface area (Å²) in [6.45, 7) is 9.39. The predicted octanol–water partition coefficient (Wildman–Crippen LogP) is 10.4. The Kier molecular flexibility index (Phi) is 21.3. The van der Waals surface area contributed by atoms with Crippen molar-refractivity contribution < 1.29 is 0 Å². The topological polar surface area (TPSA) is 6.48 Å². The van der Waals surface area contributed by atoms with Gasteiger partial charge in [0.05, 0.1) is 0 Å². The summed E-state index contributed by atoms with van der Waals surface area (Å²) in [6, 6.07) is 0. The van der Waals surface area contributed by atoms with Gasteiger partial charge in [-0.1, -0.05) is 143 Å². The first-order chi connectivity index (χ1) is 16.3. The van der Waals surface area contributed by atoms with Gasteiger partial charge in [0.15, 0.2) is 0 Å². The van der Waals surface area contributed by atoms with E-state index in [9.17, 15) is 0 Å². The Morgan fingerprint density at radius 1 is 0.394 bits per heavy atom. The zero-order valence-corrected chi connectivity index (χ0v) is 23.3. The molecule has 1 unspecified atom stereocenters. The number of unbranched alkanes of at least 4 members (excludes halogenated alkanes) is 19. The smallest absolute Gasteiger partial charge is 0.101 e. The highest BCUT2D eigenvalue weighted by Crippen LogP contribution is 2.23. The molecular formula is C31H62N2. The first-order valence-corrected chi connectivity index (χ1v) is 15.5. The van der Waals surface area contributed by atoms with Crippen molar-refractivity contribution in [1.29, 1.82) is 0 Å². The average Bonchev–Trinajstić information content (AvgIpc) is 3.20. The average molecular weight is 463 g/mol. The SMILES string of the molecule is CCCCCCCCCCCCCCCCCCCN1C=CN(CCC)C1CCCCCC. The molecule has 1 aliphatic heterocycles. The standard InChI is InChI=1S/C31H62N2/c1-4-7-9-11-12-13-14-15-16-17-18-19-20-21-22-23-25-28-33-30-29-32(27-6-3)31(33)26-24-10-8-5-2/h29-31H,4-28H2,1-3H3. The maximum Gasteiger partial charge on any atom is 0.101 e. The Balaban J connectivity index is 1.92. The summed E-state index contributed by atoms with van der Waals surface area (Å²) in [6.07, 6.45) is 38.2. The van der Waals surface area contributed by atoms with Crippen molar-refractivity contribution in [2.75, 3.05) is 13.1 Å². The second-order valence-corrected chi connectivity index (χ2v) is 10.8. The van der Waals surface area contributed by atoms with Crippen LogP contribution in [-0.4, -0.2) is 29.1 Å². The monoisotopic (exact) mass is 462 g/mol. The third-order valence-corrected chi connectivity index (χ3v) is 7.53. The van der Waals surface area contributed by atoms with E-state index in [4.69, 9.17) is 0 Å². The Bertz CT molecular complexity index is 419. The number of nitrogens with zero attached hydrogens (tertiary/aromatic N) is 2. The molecule has 1 aliphatic rings. The lowest BCUT2D eigenvalue weighted by Gasteiger charge is -2.33. The van der Waals surface area contributed by atoms with Gasteiger partial charge in [-0.15, -0.1) is 0 Å². The van der Waals surface area contributed by atoms with E-state index < -0.39 is 0 Å². The van der Waals surface area contributed by atoms with E-state index >= 15 is 0 Å². The van der Waals surface area contributed by atoms with E-state index in [1.165, 1.54) is 161 Å². The second-order valence-electron chi connectivity index (χ2n) is 10.8. The Labute approximate surface area is 210 Å². The number of hydrogen-bond acceptors (Lipinski definition) is 2. The summed E-state index contributed by atoms with van der Waals surface area (Å²) in [5.74, 6) is 0. The first kappa shape index (κ1) is 30.4. The van der Waals surface area contributed by atoms with E-state index in [1.807, 2.05) is 0 Å². The molecule has 0 aromatic heterocycles. The summed E-state index contributed by atoms with van der Waals surface area (Å²) < 4.78 is 0. The van der Waals surface area contributed by atoms with Gasteiger partial charge in [-0.25, -0.2) is 0 Å². The van der Waals surface area contributed by atoms with Crippen LogP contribution in [0.5, 0.6) is 0 Å². The van der Waals surface area contributed by atoms with E-state index in [0.29, 0.717) is 6.17 Å². The van der Waals surface area contributed by atoms with Crippen LogP contribution in [0.2, 0.25) is 0 Å². The highest BCUT2D eigenvalue weighted by atomic mass is 15.4. The molecule has 33 heavy (non-hydrogen) atoms. The molecule has 2 nitrogen and oxygen atoms in total. The van der Waals surface area contributed by atoms with Crippen LogP contribution < -0.4 is 0 Å². The Hall–Kier alpha value is -0.660. The number of rotatable bonds is 25. The third-order valence-electron chi connectivity index (χ3n) is 7.53. The Morgan fingerprint density at radius 3 is 1.18 bits per heavy atom. The second kappa shape index (κ2) is 23.1. The van der Waals surface area contributed by atoms with Crippen molar-refractivity contribution >= 4 is 0 Å². The summed E-state index contributed by atoms with van der Waals surface area (Å²) in [5, 5.41) is 0. The molecule has 0 fully saturated rings. The highest BCUT2D eigenvalue weighted by Gasteiger charge is 2.24. The molecule has 1 rings (SSSR count). The van der Waals surface area contributed by atoms with Gasteiger partial charge in [0.2, 0.25) is 0 Å². The molecule has 1 heterocycles. The molecular weight excluding hydrogens is 400 g/mol. The molecule has 0 spiro atoms. The zero-order valence-electron chi connectivity index (χ0n) is 23.3. The first-order valence-electron chi connectivity index (χ1n) is 15.5. The molecule has 196 valence electrons. The van der Waals surface area contributed by atoms with Crippen LogP contribution >= 0.6 is 0 Å². The van der Waals surface area contributed by atoms with Crippen LogP contribution in [0.1, 0.15) is 168 Å². The lowest BCUT2D eigenvalue weighted by atomic mass is 10.0. The van der Waals surface area contributed by atoms with E-state index in [0.717, 1.165) is 0 Å². The molecule has 0 aromatic rings. The zero-order chi connectivity index (χ0) is 23.8. The Morgan fingerprint density at radius 2 is 0.758 bits per heavy atom. The maximum absolute atomic E-state index is 2.65. The fraction of sp³-hybridized carbons (Fsp3) is 0.935. The van der Waals surface area contributed by atoms with Crippen molar-refractivity contribution in [3.63, 3.8) is 0 Å². The van der Waals surface area contributed by atoms with Crippen molar-refractivity contribution in [2.45, 2.75) is 175 Å². The van der Waals surface area contributed by atoms with Crippen molar-refractivity contribution in [3.05, 3.63) is 12.4 Å². The van der Waals surface area contributed by atoms with Gasteiger partial charge in [-0.3, -0.25) is 0 Å². The van der Waals surface area contributed by atoms with E-state index in [1.54, 1.807) is 0 Å². The van der Waals surface area contributed by atoms with E-state index in [-0.39, 0.29) is 0 Å². The molecule has 0 radical (unpaired) electrons. The molecule has 0 aromatic carbocycles. The van der Waals surface area contributed by atoms with Crippen LogP contribution in [-0.2, 0) is 0 Å². The summed E-state index contributed by atoms with van der Waals surface area (Å²) in [5.41, 5.74) is 0. The quantitative estimate of drug-likeness (QED) is 0.124. The predicted molar refractivity (Wildman–Crippen MR) is 150 cm³/mol. The maximum atomic E-state index is 2.65. The van der Waals surface area contributed by atoms with Gasteiger partial charge in [0.1, 0.15) is 6.17 Å². The van der Waals surface area contributed by atoms with E-state index in [2.05, 4.69) is 43.0 Å². The molecule has 0 saturated heterocycles. The minimum atomic E-state index is 0.642. The van der Waals surface area contributed by atoms with Crippen molar-refractivity contribution in [2.24, 2.45) is 0 Å². The largest absolute Gasteiger partial charge is 0.356 e. The molecule has 1 atom stereocenters. The lowest BCUT2D eigenvalue weighted by molar-refractivity contribution is 0.137. The normalized spacial score (nSPS) is 15.8. The van der Waals surface area contributed by atoms with Gasteiger partial charge in [0.25, 0.3) is 0 Å². The van der Waals surface area contributed by atoms with Crippen LogP contribution in [0.3, 0.4) is 0 Å². The highest BCUT2D eigenvalue weighted by molar-refractivity contribution is 4.96. The van der Waals surface area contributed by atoms with Crippen LogP contribution in [0.4, 0.5) is 0 Å². The minimum Gasteiger partial charge on any atom is -0.356 e. The minimum absolute atomic E-state index is 0.642. The van der Waals surface area contributed by atoms with Gasteiger partial charge in [-0.2, -0.15) is 0 Å². The lowest BCUT2D eigenvalue weighted by Crippen LogP contribution is -2.39. The summed E-state index contributed by atoms with van der Waals surface area (Å²) >= 11 is 0. The third kappa shape index (κ3) is 16.6. The summed E-state index contributed by atoms with van der Waals surface area (Å²) in [4.78, 5) is 5.24. The fourth-order valence-corrected chi connectivity index (χ4v) is 5.37. The summed E-state index contributed by atoms with van der Waals surface area (Å²) in [7, 11) is 0. The molecule has 0 amide bonds. The van der Waals surface area contributed by atoms with Gasteiger partial charge in [-0.05, 0) is 25.7 Å². The molecule has 0 saturated carbocycles. The van der Waals surface area contributed by atoms with Crippen LogP contribution in [0, 0.1) is 0 Å². The van der Waals surface area contributed by atoms with Crippen molar-refractivity contribution in [3.8, 4) is 0 Å². The van der Waals surface area contributed by atoms with Gasteiger partial charge >= 0.3 is 0 Å². The fourth-order valence-electron chi connectivity index (χ4n) is 5.37. The molecule has 0 aliphatic carbocycles. The van der Waals surface area contributed by atoms with Gasteiger partial charge in [0, 0.05) is 25.5 Å².